The first-order valence-electron chi connectivity index (χ1n) is 12.0. The van der Waals surface area contributed by atoms with Crippen LogP contribution in [0.1, 0.15) is 67.7 Å². The molecule has 3 rings (SSSR count). The summed E-state index contributed by atoms with van der Waals surface area (Å²) in [6, 6.07) is 9.63. The van der Waals surface area contributed by atoms with Crippen molar-refractivity contribution in [1.82, 2.24) is 4.98 Å². The summed E-state index contributed by atoms with van der Waals surface area (Å²) < 4.78 is 20.0. The molecular formula is C30H32FN3O2. The molecular weight excluding hydrogens is 453 g/mol. The standard InChI is InChI=1S/C30H32FN3O2/c1-6-7-27(23-8-9-29(24(15-23)17-32)34-26-10-12-36-13-11-26)21(4)19(2)14-20(3)30-28(31)16-25(18-33-30)22(5)35/h6-9,14-16,18,26,34H,2,10-13H2,1,3-5H3/b7-6-,20-14+,27-21+. The van der Waals surface area contributed by atoms with E-state index in [1.165, 1.54) is 19.2 Å². The van der Waals surface area contributed by atoms with Crippen LogP contribution >= 0.6 is 0 Å². The van der Waals surface area contributed by atoms with Crippen molar-refractivity contribution in [3.05, 3.63) is 94.6 Å². The van der Waals surface area contributed by atoms with Gasteiger partial charge in [0.15, 0.2) is 5.78 Å². The van der Waals surface area contributed by atoms with Gasteiger partial charge in [-0.2, -0.15) is 5.26 Å². The normalized spacial score (nSPS) is 15.4. The van der Waals surface area contributed by atoms with Crippen molar-refractivity contribution in [1.29, 1.82) is 5.26 Å². The molecule has 0 aliphatic carbocycles. The van der Waals surface area contributed by atoms with Crippen molar-refractivity contribution >= 4 is 22.6 Å². The van der Waals surface area contributed by atoms with Crippen LogP contribution in [0, 0.1) is 17.1 Å². The zero-order valence-corrected chi connectivity index (χ0v) is 21.3. The number of nitrogens with one attached hydrogen (secondary N) is 1. The topological polar surface area (TPSA) is 75.0 Å². The highest BCUT2D eigenvalue weighted by Crippen LogP contribution is 2.30. The average molecular weight is 486 g/mol. The number of allylic oxidation sites excluding steroid dienone is 7. The molecule has 2 heterocycles. The van der Waals surface area contributed by atoms with E-state index in [9.17, 15) is 14.4 Å². The van der Waals surface area contributed by atoms with Gasteiger partial charge in [0.1, 0.15) is 17.6 Å². The van der Waals surface area contributed by atoms with Crippen LogP contribution in [-0.2, 0) is 4.74 Å². The van der Waals surface area contributed by atoms with Gasteiger partial charge in [0.05, 0.1) is 11.3 Å². The monoisotopic (exact) mass is 485 g/mol. The number of halogens is 1. The molecule has 1 aliphatic heterocycles. The maximum absolute atomic E-state index is 14.6. The Bertz CT molecular complexity index is 1290. The van der Waals surface area contributed by atoms with Gasteiger partial charge in [-0.25, -0.2) is 4.39 Å². The number of ether oxygens (including phenoxy) is 1. The maximum atomic E-state index is 14.6. The molecule has 1 fully saturated rings. The van der Waals surface area contributed by atoms with E-state index in [-0.39, 0.29) is 23.1 Å². The van der Waals surface area contributed by atoms with Crippen molar-refractivity contribution < 1.29 is 13.9 Å². The zero-order valence-electron chi connectivity index (χ0n) is 21.3. The molecule has 6 heteroatoms. The number of hydrogen-bond donors (Lipinski definition) is 1. The second kappa shape index (κ2) is 12.2. The van der Waals surface area contributed by atoms with E-state index in [1.54, 1.807) is 13.0 Å². The number of Topliss-reactive ketones (excluding diaryl/α,β-unsaturated/α-hetero) is 1. The van der Waals surface area contributed by atoms with Gasteiger partial charge in [-0.15, -0.1) is 0 Å². The molecule has 0 unspecified atom stereocenters. The first-order valence-corrected chi connectivity index (χ1v) is 12.0. The number of anilines is 1. The average Bonchev–Trinajstić information content (AvgIpc) is 2.87. The van der Waals surface area contributed by atoms with Crippen LogP contribution < -0.4 is 5.32 Å². The van der Waals surface area contributed by atoms with Crippen molar-refractivity contribution in [3.8, 4) is 6.07 Å². The van der Waals surface area contributed by atoms with Gasteiger partial charge in [-0.3, -0.25) is 9.78 Å². The number of nitrogens with zero attached hydrogens (tertiary/aromatic N) is 2. The quantitative estimate of drug-likeness (QED) is 0.325. The summed E-state index contributed by atoms with van der Waals surface area (Å²) in [6.07, 6.45) is 8.90. The van der Waals surface area contributed by atoms with Crippen LogP contribution in [0.15, 0.2) is 66.4 Å². The number of benzene rings is 1. The second-order valence-electron chi connectivity index (χ2n) is 8.91. The van der Waals surface area contributed by atoms with Gasteiger partial charge in [0.25, 0.3) is 0 Å². The fourth-order valence-corrected chi connectivity index (χ4v) is 4.13. The number of aromatic nitrogens is 1. The SMILES string of the molecule is C=C(/C=C(\C)c1ncc(C(C)=O)cc1F)/C(C)=C(\C=C/C)c1ccc(NC2CCOCC2)c(C#N)c1. The molecule has 1 aromatic carbocycles. The number of carbonyl (C=O) groups is 1. The van der Waals surface area contributed by atoms with E-state index in [0.717, 1.165) is 48.5 Å². The first kappa shape index (κ1) is 26.8. The Labute approximate surface area is 212 Å². The van der Waals surface area contributed by atoms with Gasteiger partial charge in [-0.05, 0) is 86.6 Å². The lowest BCUT2D eigenvalue weighted by Crippen LogP contribution is -2.28. The van der Waals surface area contributed by atoms with Crippen molar-refractivity contribution in [3.63, 3.8) is 0 Å². The molecule has 1 N–H and O–H groups in total. The Morgan fingerprint density at radius 2 is 1.94 bits per heavy atom. The van der Waals surface area contributed by atoms with Crippen molar-refractivity contribution in [2.24, 2.45) is 0 Å². The summed E-state index contributed by atoms with van der Waals surface area (Å²) in [4.78, 5) is 15.7. The van der Waals surface area contributed by atoms with E-state index in [4.69, 9.17) is 4.74 Å². The number of carbonyl (C=O) groups excluding carboxylic acids is 1. The van der Waals surface area contributed by atoms with Crippen LogP contribution in [0.2, 0.25) is 0 Å². The molecule has 0 bridgehead atoms. The lowest BCUT2D eigenvalue weighted by atomic mass is 9.93. The summed E-state index contributed by atoms with van der Waals surface area (Å²) in [5.74, 6) is -0.787. The summed E-state index contributed by atoms with van der Waals surface area (Å²) in [5.41, 5.74) is 5.79. The highest BCUT2D eigenvalue weighted by atomic mass is 19.1. The zero-order chi connectivity index (χ0) is 26.2. The third-order valence-electron chi connectivity index (χ3n) is 6.26. The first-order chi connectivity index (χ1) is 17.2. The Balaban J connectivity index is 1.93. The molecule has 0 amide bonds. The van der Waals surface area contributed by atoms with E-state index in [1.807, 2.05) is 44.2 Å². The second-order valence-corrected chi connectivity index (χ2v) is 8.91. The number of ketones is 1. The molecule has 0 saturated carbocycles. The van der Waals surface area contributed by atoms with Crippen molar-refractivity contribution in [2.45, 2.75) is 46.6 Å². The Hall–Kier alpha value is -3.82. The lowest BCUT2D eigenvalue weighted by molar-refractivity contribution is 0.0904. The summed E-state index contributed by atoms with van der Waals surface area (Å²) >= 11 is 0. The van der Waals surface area contributed by atoms with Gasteiger partial charge >= 0.3 is 0 Å². The number of rotatable bonds is 8. The number of hydrogen-bond acceptors (Lipinski definition) is 5. The van der Waals surface area contributed by atoms with Crippen LogP contribution in [0.25, 0.3) is 11.1 Å². The van der Waals surface area contributed by atoms with Gasteiger partial charge in [-0.1, -0.05) is 30.9 Å². The van der Waals surface area contributed by atoms with Crippen LogP contribution in [0.5, 0.6) is 0 Å². The minimum atomic E-state index is -0.550. The molecule has 36 heavy (non-hydrogen) atoms. The van der Waals surface area contributed by atoms with Crippen LogP contribution in [0.4, 0.5) is 10.1 Å². The van der Waals surface area contributed by atoms with Gasteiger partial charge in [0, 0.05) is 31.0 Å². The highest BCUT2D eigenvalue weighted by Gasteiger charge is 2.16. The lowest BCUT2D eigenvalue weighted by Gasteiger charge is -2.24. The molecule has 0 spiro atoms. The fourth-order valence-electron chi connectivity index (χ4n) is 4.13. The number of nitriles is 1. The van der Waals surface area contributed by atoms with Gasteiger partial charge in [0.2, 0.25) is 0 Å². The third kappa shape index (κ3) is 6.44. The third-order valence-corrected chi connectivity index (χ3v) is 6.26. The molecule has 5 nitrogen and oxygen atoms in total. The van der Waals surface area contributed by atoms with E-state index in [2.05, 4.69) is 22.9 Å². The molecule has 0 radical (unpaired) electrons. The fraction of sp³-hybridized carbons (Fsp3) is 0.300. The molecule has 1 aromatic heterocycles. The van der Waals surface area contributed by atoms with Gasteiger partial charge < -0.3 is 10.1 Å². The molecule has 1 saturated heterocycles. The minimum Gasteiger partial charge on any atom is -0.381 e. The van der Waals surface area contributed by atoms with E-state index < -0.39 is 5.82 Å². The maximum Gasteiger partial charge on any atom is 0.161 e. The van der Waals surface area contributed by atoms with Crippen LogP contribution in [-0.4, -0.2) is 30.0 Å². The summed E-state index contributed by atoms with van der Waals surface area (Å²) in [7, 11) is 0. The molecule has 186 valence electrons. The van der Waals surface area contributed by atoms with Crippen LogP contribution in [0.3, 0.4) is 0 Å². The summed E-state index contributed by atoms with van der Waals surface area (Å²) in [6.45, 7) is 12.7. The Morgan fingerprint density at radius 1 is 1.22 bits per heavy atom. The predicted octanol–water partition coefficient (Wildman–Crippen LogP) is 6.90. The largest absolute Gasteiger partial charge is 0.381 e. The summed E-state index contributed by atoms with van der Waals surface area (Å²) in [5, 5.41) is 13.3. The van der Waals surface area contributed by atoms with E-state index in [0.29, 0.717) is 16.7 Å². The molecule has 1 aliphatic rings. The Morgan fingerprint density at radius 3 is 2.56 bits per heavy atom. The van der Waals surface area contributed by atoms with E-state index >= 15 is 0 Å². The predicted molar refractivity (Wildman–Crippen MR) is 143 cm³/mol. The Kier molecular flexibility index (Phi) is 9.10. The minimum absolute atomic E-state index is 0.178. The molecule has 2 aromatic rings. The number of pyridine rings is 1. The molecule has 0 atom stereocenters. The highest BCUT2D eigenvalue weighted by molar-refractivity contribution is 5.94. The van der Waals surface area contributed by atoms with Crippen molar-refractivity contribution in [2.75, 3.05) is 18.5 Å². The smallest absolute Gasteiger partial charge is 0.161 e.